The van der Waals surface area contributed by atoms with Crippen LogP contribution in [0.15, 0.2) is 58.4 Å². The second kappa shape index (κ2) is 10.7. The Morgan fingerprint density at radius 1 is 1.10 bits per heavy atom. The molecule has 0 bridgehead atoms. The molecule has 0 aliphatic rings. The number of guanidine groups is 1. The Bertz CT molecular complexity index is 982. The van der Waals surface area contributed by atoms with Gasteiger partial charge in [0.05, 0.1) is 9.82 Å². The van der Waals surface area contributed by atoms with Crippen LogP contribution in [0, 0.1) is 10.1 Å². The van der Waals surface area contributed by atoms with E-state index >= 15 is 0 Å². The number of sulfonamides is 1. The summed E-state index contributed by atoms with van der Waals surface area (Å²) in [4.78, 5) is 14.1. The lowest BCUT2D eigenvalue weighted by atomic mass is 10.1. The van der Waals surface area contributed by atoms with Gasteiger partial charge in [-0.1, -0.05) is 29.8 Å². The van der Waals surface area contributed by atoms with Crippen molar-refractivity contribution in [2.75, 3.05) is 26.7 Å². The number of benzene rings is 2. The fourth-order valence-corrected chi connectivity index (χ4v) is 3.74. The van der Waals surface area contributed by atoms with Gasteiger partial charge in [0.15, 0.2) is 5.96 Å². The summed E-state index contributed by atoms with van der Waals surface area (Å²) in [6, 6.07) is 12.5. The molecule has 2 aromatic carbocycles. The SMILES string of the molecule is CN=C(NCCNS(=O)(=O)c1cccc([N+](=O)[O-])c1)NCCc1cccc(Cl)c1. The second-order valence-corrected chi connectivity index (χ2v) is 8.16. The van der Waals surface area contributed by atoms with Crippen molar-refractivity contribution in [2.45, 2.75) is 11.3 Å². The van der Waals surface area contributed by atoms with Gasteiger partial charge in [0.25, 0.3) is 5.69 Å². The molecule has 9 nitrogen and oxygen atoms in total. The third-order valence-corrected chi connectivity index (χ3v) is 5.56. The Morgan fingerprint density at radius 3 is 2.52 bits per heavy atom. The number of aliphatic imine (C=N–C) groups is 1. The van der Waals surface area contributed by atoms with E-state index in [2.05, 4.69) is 20.3 Å². The Balaban J connectivity index is 1.77. The number of nitrogens with zero attached hydrogens (tertiary/aromatic N) is 2. The van der Waals surface area contributed by atoms with Crippen molar-refractivity contribution in [3.8, 4) is 0 Å². The molecular formula is C18H22ClN5O4S. The number of rotatable bonds is 9. The van der Waals surface area contributed by atoms with Crippen LogP contribution in [0.5, 0.6) is 0 Å². The molecule has 0 aromatic heterocycles. The molecule has 0 saturated heterocycles. The summed E-state index contributed by atoms with van der Waals surface area (Å²) in [5, 5.41) is 17.6. The molecule has 0 amide bonds. The summed E-state index contributed by atoms with van der Waals surface area (Å²) in [6.07, 6.45) is 0.751. The van der Waals surface area contributed by atoms with E-state index in [1.807, 2.05) is 24.3 Å². The molecule has 0 fully saturated rings. The highest BCUT2D eigenvalue weighted by Gasteiger charge is 2.17. The van der Waals surface area contributed by atoms with Crippen molar-refractivity contribution in [1.29, 1.82) is 0 Å². The van der Waals surface area contributed by atoms with Crippen LogP contribution in [-0.2, 0) is 16.4 Å². The second-order valence-electron chi connectivity index (χ2n) is 5.96. The predicted molar refractivity (Wildman–Crippen MR) is 113 cm³/mol. The lowest BCUT2D eigenvalue weighted by Gasteiger charge is -2.12. The Hall–Kier alpha value is -2.69. The normalized spacial score (nSPS) is 11.9. The number of hydrogen-bond donors (Lipinski definition) is 3. The third kappa shape index (κ3) is 7.33. The molecule has 156 valence electrons. The van der Waals surface area contributed by atoms with E-state index in [0.717, 1.165) is 18.1 Å². The van der Waals surface area contributed by atoms with E-state index in [1.54, 1.807) is 7.05 Å². The smallest absolute Gasteiger partial charge is 0.270 e. The van der Waals surface area contributed by atoms with Gasteiger partial charge >= 0.3 is 0 Å². The highest BCUT2D eigenvalue weighted by molar-refractivity contribution is 7.89. The minimum atomic E-state index is -3.85. The van der Waals surface area contributed by atoms with Gasteiger partial charge in [-0.05, 0) is 30.2 Å². The summed E-state index contributed by atoms with van der Waals surface area (Å²) in [6.45, 7) is 0.991. The van der Waals surface area contributed by atoms with Crippen LogP contribution in [0.1, 0.15) is 5.56 Å². The monoisotopic (exact) mass is 439 g/mol. The van der Waals surface area contributed by atoms with Crippen LogP contribution in [0.4, 0.5) is 5.69 Å². The highest BCUT2D eigenvalue weighted by Crippen LogP contribution is 2.16. The predicted octanol–water partition coefficient (Wildman–Crippen LogP) is 1.93. The summed E-state index contributed by atoms with van der Waals surface area (Å²) in [5.41, 5.74) is 0.806. The minimum Gasteiger partial charge on any atom is -0.356 e. The van der Waals surface area contributed by atoms with Gasteiger partial charge in [-0.25, -0.2) is 13.1 Å². The van der Waals surface area contributed by atoms with E-state index in [9.17, 15) is 18.5 Å². The largest absolute Gasteiger partial charge is 0.356 e. The lowest BCUT2D eigenvalue weighted by Crippen LogP contribution is -2.42. The third-order valence-electron chi connectivity index (χ3n) is 3.87. The van der Waals surface area contributed by atoms with Crippen molar-refractivity contribution < 1.29 is 13.3 Å². The molecular weight excluding hydrogens is 418 g/mol. The summed E-state index contributed by atoms with van der Waals surface area (Å²) in [5.74, 6) is 0.529. The summed E-state index contributed by atoms with van der Waals surface area (Å²) >= 11 is 5.96. The fourth-order valence-electron chi connectivity index (χ4n) is 2.45. The number of halogens is 1. The van der Waals surface area contributed by atoms with Crippen molar-refractivity contribution in [2.24, 2.45) is 4.99 Å². The Labute approximate surface area is 174 Å². The van der Waals surface area contributed by atoms with E-state index in [4.69, 9.17) is 11.6 Å². The van der Waals surface area contributed by atoms with Gasteiger partial charge < -0.3 is 10.6 Å². The molecule has 3 N–H and O–H groups in total. The van der Waals surface area contributed by atoms with Crippen LogP contribution >= 0.6 is 11.6 Å². The molecule has 0 heterocycles. The molecule has 11 heteroatoms. The molecule has 2 aromatic rings. The first-order valence-electron chi connectivity index (χ1n) is 8.75. The molecule has 0 aliphatic carbocycles. The lowest BCUT2D eigenvalue weighted by molar-refractivity contribution is -0.385. The first-order chi connectivity index (χ1) is 13.8. The van der Waals surface area contributed by atoms with Gasteiger partial charge in [0.1, 0.15) is 0 Å². The zero-order valence-corrected chi connectivity index (χ0v) is 17.3. The van der Waals surface area contributed by atoms with Crippen LogP contribution in [0.2, 0.25) is 5.02 Å². The van der Waals surface area contributed by atoms with Crippen LogP contribution in [0.3, 0.4) is 0 Å². The van der Waals surface area contributed by atoms with Crippen molar-refractivity contribution in [3.05, 3.63) is 69.2 Å². The maximum atomic E-state index is 12.3. The summed E-state index contributed by atoms with van der Waals surface area (Å²) < 4.78 is 26.9. The topological polar surface area (TPSA) is 126 Å². The Morgan fingerprint density at radius 2 is 1.83 bits per heavy atom. The average Bonchev–Trinajstić information content (AvgIpc) is 2.70. The minimum absolute atomic E-state index is 0.0834. The van der Waals surface area contributed by atoms with Crippen molar-refractivity contribution in [1.82, 2.24) is 15.4 Å². The average molecular weight is 440 g/mol. The molecule has 0 aliphatic heterocycles. The molecule has 0 unspecified atom stereocenters. The van der Waals surface area contributed by atoms with E-state index in [1.165, 1.54) is 18.2 Å². The van der Waals surface area contributed by atoms with Gasteiger partial charge in [-0.2, -0.15) is 0 Å². The first-order valence-corrected chi connectivity index (χ1v) is 10.6. The number of nitrogens with one attached hydrogen (secondary N) is 3. The standard InChI is InChI=1S/C18H22ClN5O4S/c1-20-18(21-9-8-14-4-2-5-15(19)12-14)22-10-11-23-29(27,28)17-7-3-6-16(13-17)24(25)26/h2-7,12-13,23H,8-11H2,1H3,(H2,20,21,22). The quantitative estimate of drug-likeness (QED) is 0.180. The number of nitro groups is 1. The molecule has 0 atom stereocenters. The highest BCUT2D eigenvalue weighted by atomic mass is 35.5. The van der Waals surface area contributed by atoms with E-state index in [-0.39, 0.29) is 23.7 Å². The van der Waals surface area contributed by atoms with Gasteiger partial charge in [0, 0.05) is 43.8 Å². The molecule has 2 rings (SSSR count). The van der Waals surface area contributed by atoms with E-state index in [0.29, 0.717) is 17.5 Å². The van der Waals surface area contributed by atoms with Crippen LogP contribution < -0.4 is 15.4 Å². The molecule has 0 saturated carbocycles. The Kier molecular flexibility index (Phi) is 8.37. The first kappa shape index (κ1) is 22.6. The van der Waals surface area contributed by atoms with Crippen LogP contribution in [0.25, 0.3) is 0 Å². The number of hydrogen-bond acceptors (Lipinski definition) is 5. The summed E-state index contributed by atoms with van der Waals surface area (Å²) in [7, 11) is -2.23. The van der Waals surface area contributed by atoms with Gasteiger partial charge in [-0.3, -0.25) is 15.1 Å². The van der Waals surface area contributed by atoms with Gasteiger partial charge in [-0.15, -0.1) is 0 Å². The maximum Gasteiger partial charge on any atom is 0.270 e. The zero-order valence-electron chi connectivity index (χ0n) is 15.8. The fraction of sp³-hybridized carbons (Fsp3) is 0.278. The zero-order chi connectivity index (χ0) is 21.3. The van der Waals surface area contributed by atoms with Crippen molar-refractivity contribution >= 4 is 33.3 Å². The maximum absolute atomic E-state index is 12.3. The molecule has 0 spiro atoms. The molecule has 0 radical (unpaired) electrons. The van der Waals surface area contributed by atoms with Crippen LogP contribution in [-0.4, -0.2) is 46.0 Å². The van der Waals surface area contributed by atoms with Crippen molar-refractivity contribution in [3.63, 3.8) is 0 Å². The number of nitro benzene ring substituents is 1. The van der Waals surface area contributed by atoms with E-state index < -0.39 is 14.9 Å². The molecule has 29 heavy (non-hydrogen) atoms. The number of non-ortho nitro benzene ring substituents is 1. The van der Waals surface area contributed by atoms with Gasteiger partial charge in [0.2, 0.25) is 10.0 Å².